The first-order valence-electron chi connectivity index (χ1n) is 9.55. The Hall–Kier alpha value is -0.950. The largest absolute Gasteiger partial charge is 0.295 e. The van der Waals surface area contributed by atoms with Crippen molar-refractivity contribution in [1.29, 1.82) is 0 Å². The van der Waals surface area contributed by atoms with Gasteiger partial charge in [0.25, 0.3) is 10.2 Å². The zero-order valence-electron chi connectivity index (χ0n) is 15.4. The van der Waals surface area contributed by atoms with Crippen molar-refractivity contribution in [2.24, 2.45) is 5.92 Å². The SMILES string of the molecule is CC[C@H](CNS(=O)(=O)N1CCC(C)CC1)N1CCc2ccccc2C1. The summed E-state index contributed by atoms with van der Waals surface area (Å²) in [5, 5.41) is 0. The summed E-state index contributed by atoms with van der Waals surface area (Å²) in [6.45, 7) is 8.03. The number of nitrogens with one attached hydrogen (secondary N) is 1. The van der Waals surface area contributed by atoms with Gasteiger partial charge in [0.05, 0.1) is 0 Å². The highest BCUT2D eigenvalue weighted by molar-refractivity contribution is 7.87. The van der Waals surface area contributed by atoms with E-state index in [1.54, 1.807) is 4.31 Å². The third-order valence-corrected chi connectivity index (χ3v) is 7.31. The first kappa shape index (κ1) is 18.8. The smallest absolute Gasteiger partial charge is 0.279 e. The Morgan fingerprint density at radius 1 is 1.16 bits per heavy atom. The highest BCUT2D eigenvalue weighted by Crippen LogP contribution is 2.22. The summed E-state index contributed by atoms with van der Waals surface area (Å²) in [6, 6.07) is 8.82. The summed E-state index contributed by atoms with van der Waals surface area (Å²) < 4.78 is 29.7. The minimum Gasteiger partial charge on any atom is -0.295 e. The van der Waals surface area contributed by atoms with Crippen molar-refractivity contribution in [2.75, 3.05) is 26.2 Å². The van der Waals surface area contributed by atoms with Crippen molar-refractivity contribution >= 4 is 10.2 Å². The van der Waals surface area contributed by atoms with Crippen LogP contribution in [0.2, 0.25) is 0 Å². The van der Waals surface area contributed by atoms with E-state index in [0.717, 1.165) is 38.8 Å². The number of hydrogen-bond donors (Lipinski definition) is 1. The van der Waals surface area contributed by atoms with Gasteiger partial charge in [-0.2, -0.15) is 12.7 Å². The van der Waals surface area contributed by atoms with Gasteiger partial charge in [0.1, 0.15) is 0 Å². The fourth-order valence-electron chi connectivity index (χ4n) is 3.88. The van der Waals surface area contributed by atoms with Crippen LogP contribution in [0.1, 0.15) is 44.2 Å². The van der Waals surface area contributed by atoms with Gasteiger partial charge in [0, 0.05) is 38.8 Å². The number of hydrogen-bond acceptors (Lipinski definition) is 3. The summed E-state index contributed by atoms with van der Waals surface area (Å²) in [5.74, 6) is 0.628. The van der Waals surface area contributed by atoms with Crippen LogP contribution in [-0.4, -0.2) is 49.8 Å². The number of fused-ring (bicyclic) bond motifs is 1. The van der Waals surface area contributed by atoms with Crippen LogP contribution in [0.3, 0.4) is 0 Å². The van der Waals surface area contributed by atoms with Gasteiger partial charge in [0.15, 0.2) is 0 Å². The van der Waals surface area contributed by atoms with E-state index in [-0.39, 0.29) is 6.04 Å². The molecule has 0 spiro atoms. The van der Waals surface area contributed by atoms with Crippen molar-refractivity contribution in [3.63, 3.8) is 0 Å². The maximum Gasteiger partial charge on any atom is 0.279 e. The third-order valence-electron chi connectivity index (χ3n) is 5.73. The van der Waals surface area contributed by atoms with E-state index in [1.807, 2.05) is 0 Å². The molecule has 140 valence electrons. The van der Waals surface area contributed by atoms with Crippen molar-refractivity contribution < 1.29 is 8.42 Å². The maximum absolute atomic E-state index is 12.6. The molecule has 1 aromatic carbocycles. The lowest BCUT2D eigenvalue weighted by Crippen LogP contribution is -2.50. The van der Waals surface area contributed by atoms with Crippen LogP contribution in [0.15, 0.2) is 24.3 Å². The normalized spacial score (nSPS) is 21.8. The van der Waals surface area contributed by atoms with Gasteiger partial charge in [-0.15, -0.1) is 0 Å². The monoisotopic (exact) mass is 365 g/mol. The molecule has 1 saturated heterocycles. The molecule has 0 amide bonds. The topological polar surface area (TPSA) is 52.7 Å². The van der Waals surface area contributed by atoms with Crippen LogP contribution in [0.5, 0.6) is 0 Å². The molecule has 0 aromatic heterocycles. The molecule has 2 heterocycles. The summed E-state index contributed by atoms with van der Waals surface area (Å²) >= 11 is 0. The molecule has 5 nitrogen and oxygen atoms in total. The average Bonchev–Trinajstić information content (AvgIpc) is 2.62. The predicted octanol–water partition coefficient (Wildman–Crippen LogP) is 2.39. The second-order valence-corrected chi connectivity index (χ2v) is 9.24. The van der Waals surface area contributed by atoms with Gasteiger partial charge in [-0.1, -0.05) is 38.1 Å². The molecule has 0 unspecified atom stereocenters. The minimum atomic E-state index is -3.35. The summed E-state index contributed by atoms with van der Waals surface area (Å²) in [4.78, 5) is 2.42. The average molecular weight is 366 g/mol. The summed E-state index contributed by atoms with van der Waals surface area (Å²) in [5.41, 5.74) is 2.80. The lowest BCUT2D eigenvalue weighted by molar-refractivity contribution is 0.174. The van der Waals surface area contributed by atoms with Gasteiger partial charge in [-0.05, 0) is 42.7 Å². The van der Waals surface area contributed by atoms with E-state index < -0.39 is 10.2 Å². The predicted molar refractivity (Wildman–Crippen MR) is 102 cm³/mol. The van der Waals surface area contributed by atoms with E-state index in [9.17, 15) is 8.42 Å². The number of benzene rings is 1. The molecule has 2 aliphatic rings. The maximum atomic E-state index is 12.6. The van der Waals surface area contributed by atoms with Crippen LogP contribution >= 0.6 is 0 Å². The van der Waals surface area contributed by atoms with Crippen molar-refractivity contribution in [3.05, 3.63) is 35.4 Å². The second kappa shape index (κ2) is 8.16. The van der Waals surface area contributed by atoms with Gasteiger partial charge >= 0.3 is 0 Å². The quantitative estimate of drug-likeness (QED) is 0.842. The fourth-order valence-corrected chi connectivity index (χ4v) is 5.16. The van der Waals surface area contributed by atoms with Gasteiger partial charge in [-0.25, -0.2) is 4.72 Å². The standard InChI is InChI=1S/C19H31N3O2S/c1-3-19(21-11-10-17-6-4-5-7-18(17)15-21)14-20-25(23,24)22-12-8-16(2)9-13-22/h4-7,16,19-20H,3,8-15H2,1-2H3/t19-/m1/s1. The highest BCUT2D eigenvalue weighted by atomic mass is 32.2. The Morgan fingerprint density at radius 2 is 1.84 bits per heavy atom. The molecule has 0 radical (unpaired) electrons. The van der Waals surface area contributed by atoms with Crippen LogP contribution in [0, 0.1) is 5.92 Å². The zero-order chi connectivity index (χ0) is 17.9. The van der Waals surface area contributed by atoms with Gasteiger partial charge < -0.3 is 0 Å². The van der Waals surface area contributed by atoms with Gasteiger partial charge in [0.2, 0.25) is 0 Å². The molecule has 0 aliphatic carbocycles. The van der Waals surface area contributed by atoms with Crippen LogP contribution in [-0.2, 0) is 23.2 Å². The van der Waals surface area contributed by atoms with E-state index in [0.29, 0.717) is 25.6 Å². The summed E-state index contributed by atoms with van der Waals surface area (Å²) in [7, 11) is -3.35. The zero-order valence-corrected chi connectivity index (χ0v) is 16.3. The lowest BCUT2D eigenvalue weighted by atomic mass is 9.98. The molecule has 3 rings (SSSR count). The fraction of sp³-hybridized carbons (Fsp3) is 0.684. The molecule has 0 bridgehead atoms. The second-order valence-electron chi connectivity index (χ2n) is 7.49. The molecule has 2 aliphatic heterocycles. The number of nitrogens with zero attached hydrogens (tertiary/aromatic N) is 2. The van der Waals surface area contributed by atoms with E-state index in [4.69, 9.17) is 0 Å². The Balaban J connectivity index is 1.57. The number of rotatable bonds is 6. The molecule has 1 fully saturated rings. The Bertz CT molecular complexity index is 669. The van der Waals surface area contributed by atoms with Crippen LogP contribution in [0.4, 0.5) is 0 Å². The Kier molecular flexibility index (Phi) is 6.15. The van der Waals surface area contributed by atoms with Gasteiger partial charge in [-0.3, -0.25) is 4.90 Å². The summed E-state index contributed by atoms with van der Waals surface area (Å²) in [6.07, 6.45) is 3.91. The molecule has 1 N–H and O–H groups in total. The Morgan fingerprint density at radius 3 is 2.52 bits per heavy atom. The molecular weight excluding hydrogens is 334 g/mol. The van der Waals surface area contributed by atoms with Crippen molar-refractivity contribution in [1.82, 2.24) is 13.9 Å². The van der Waals surface area contributed by atoms with Crippen molar-refractivity contribution in [3.8, 4) is 0 Å². The minimum absolute atomic E-state index is 0.242. The molecule has 25 heavy (non-hydrogen) atoms. The first-order chi connectivity index (χ1) is 12.0. The molecule has 0 saturated carbocycles. The van der Waals surface area contributed by atoms with E-state index in [1.165, 1.54) is 11.1 Å². The van der Waals surface area contributed by atoms with E-state index in [2.05, 4.69) is 47.7 Å². The number of piperidine rings is 1. The molecule has 1 atom stereocenters. The molecule has 1 aromatic rings. The van der Waals surface area contributed by atoms with Crippen LogP contribution in [0.25, 0.3) is 0 Å². The molecule has 6 heteroatoms. The lowest BCUT2D eigenvalue weighted by Gasteiger charge is -2.36. The third kappa shape index (κ3) is 4.61. The van der Waals surface area contributed by atoms with Crippen molar-refractivity contribution in [2.45, 2.75) is 52.1 Å². The molecular formula is C19H31N3O2S. The Labute approximate surface area is 152 Å². The first-order valence-corrected chi connectivity index (χ1v) is 11.0. The van der Waals surface area contributed by atoms with Crippen LogP contribution < -0.4 is 4.72 Å². The highest BCUT2D eigenvalue weighted by Gasteiger charge is 2.28. The van der Waals surface area contributed by atoms with E-state index >= 15 is 0 Å².